The van der Waals surface area contributed by atoms with Crippen LogP contribution >= 0.6 is 8.15 Å². The van der Waals surface area contributed by atoms with Crippen LogP contribution in [0.2, 0.25) is 0 Å². The molecule has 0 spiro atoms. The maximum atomic E-state index is 9.75. The van der Waals surface area contributed by atoms with Crippen LogP contribution in [-0.4, -0.2) is 12.2 Å². The second-order valence-electron chi connectivity index (χ2n) is 12.2. The number of pyridine rings is 1. The molecule has 9 heteroatoms. The molecule has 1 aromatic heterocycles. The third-order valence-corrected chi connectivity index (χ3v) is 11.5. The van der Waals surface area contributed by atoms with E-state index in [0.717, 1.165) is 12.1 Å². The minimum atomic E-state index is -6.00. The molecule has 0 N–H and O–H groups in total. The van der Waals surface area contributed by atoms with Crippen LogP contribution in [0.15, 0.2) is 109 Å². The SMILES string of the molecule is C1=C\CC/C=C\CC/1.CC1(C)[C@@H]2CC[C@@]1(C)[C@@](OP(c1ccccc1)c1ccccc1)(c1ccccn1)C2.F[B-](F)(F)F.[Rh]. The van der Waals surface area contributed by atoms with Gasteiger partial charge in [-0.3, -0.25) is 4.98 Å². The summed E-state index contributed by atoms with van der Waals surface area (Å²) in [6.07, 6.45) is 19.5. The molecule has 239 valence electrons. The molecule has 2 nitrogen and oxygen atoms in total. The van der Waals surface area contributed by atoms with Gasteiger partial charge < -0.3 is 21.8 Å². The van der Waals surface area contributed by atoms with E-state index < -0.39 is 15.4 Å². The fraction of sp³-hybridized carbons (Fsp3) is 0.400. The molecular formula is C35H42BF4NOPRh-. The van der Waals surface area contributed by atoms with Gasteiger partial charge in [-0.15, -0.1) is 0 Å². The first-order chi connectivity index (χ1) is 20.5. The Bertz CT molecular complexity index is 1270. The first-order valence-corrected chi connectivity index (χ1v) is 16.4. The van der Waals surface area contributed by atoms with Gasteiger partial charge in [0.15, 0.2) is 0 Å². The van der Waals surface area contributed by atoms with Gasteiger partial charge in [0, 0.05) is 41.7 Å². The van der Waals surface area contributed by atoms with Crippen molar-refractivity contribution in [2.24, 2.45) is 16.7 Å². The van der Waals surface area contributed by atoms with E-state index in [9.17, 15) is 17.3 Å². The van der Waals surface area contributed by atoms with Crippen LogP contribution in [0.3, 0.4) is 0 Å². The van der Waals surface area contributed by atoms with E-state index >= 15 is 0 Å². The minimum absolute atomic E-state index is 0. The monoisotopic (exact) mass is 713 g/mol. The summed E-state index contributed by atoms with van der Waals surface area (Å²) in [5, 5.41) is 2.52. The molecular weight excluding hydrogens is 671 g/mol. The molecule has 2 fully saturated rings. The molecule has 0 unspecified atom stereocenters. The van der Waals surface area contributed by atoms with E-state index in [0.29, 0.717) is 5.92 Å². The smallest absolute Gasteiger partial charge is 0.418 e. The first-order valence-electron chi connectivity index (χ1n) is 15.2. The van der Waals surface area contributed by atoms with Crippen molar-refractivity contribution in [1.82, 2.24) is 4.98 Å². The molecule has 2 saturated carbocycles. The molecule has 3 aliphatic rings. The summed E-state index contributed by atoms with van der Waals surface area (Å²) in [5.74, 6) is 0.660. The molecule has 0 aliphatic heterocycles. The average Bonchev–Trinajstić information content (AvgIpc) is 3.29. The predicted octanol–water partition coefficient (Wildman–Crippen LogP) is 10.2. The summed E-state index contributed by atoms with van der Waals surface area (Å²) >= 11 is 0. The number of hydrogen-bond acceptors (Lipinski definition) is 2. The Morgan fingerprint density at radius 3 is 1.55 bits per heavy atom. The summed E-state index contributed by atoms with van der Waals surface area (Å²) in [5.41, 5.74) is 0.988. The quantitative estimate of drug-likeness (QED) is 0.114. The van der Waals surface area contributed by atoms with Crippen LogP contribution in [0.5, 0.6) is 0 Å². The fourth-order valence-corrected chi connectivity index (χ4v) is 8.89. The van der Waals surface area contributed by atoms with Gasteiger partial charge in [0.05, 0.1) is 13.8 Å². The Labute approximate surface area is 274 Å². The van der Waals surface area contributed by atoms with Crippen molar-refractivity contribution in [3.05, 3.63) is 115 Å². The first kappa shape index (κ1) is 36.3. The minimum Gasteiger partial charge on any atom is -0.418 e. The van der Waals surface area contributed by atoms with Gasteiger partial charge in [-0.1, -0.05) is 112 Å². The summed E-state index contributed by atoms with van der Waals surface area (Å²) in [7, 11) is -6.96. The van der Waals surface area contributed by atoms with Crippen molar-refractivity contribution in [2.45, 2.75) is 71.3 Å². The number of halogens is 4. The third kappa shape index (κ3) is 8.56. The number of fused-ring (bicyclic) bond motifs is 2. The molecule has 44 heavy (non-hydrogen) atoms. The summed E-state index contributed by atoms with van der Waals surface area (Å²) in [4.78, 5) is 4.89. The van der Waals surface area contributed by atoms with Crippen LogP contribution in [0.1, 0.15) is 71.4 Å². The van der Waals surface area contributed by atoms with Gasteiger partial charge in [-0.2, -0.15) is 0 Å². The molecule has 3 atom stereocenters. The van der Waals surface area contributed by atoms with E-state index in [-0.39, 0.29) is 35.9 Å². The van der Waals surface area contributed by atoms with Gasteiger partial charge in [0.2, 0.25) is 0 Å². The van der Waals surface area contributed by atoms with Crippen LogP contribution in [0.4, 0.5) is 17.3 Å². The van der Waals surface area contributed by atoms with Gasteiger partial charge in [-0.25, -0.2) is 0 Å². The number of allylic oxidation sites excluding steroid dienone is 4. The zero-order valence-corrected chi connectivity index (χ0v) is 28.2. The maximum Gasteiger partial charge on any atom is 0.673 e. The molecule has 6 rings (SSSR count). The predicted molar refractivity (Wildman–Crippen MR) is 172 cm³/mol. The number of hydrogen-bond donors (Lipinski definition) is 0. The number of aromatic nitrogens is 1. The van der Waals surface area contributed by atoms with E-state index in [1.54, 1.807) is 0 Å². The molecule has 2 aromatic carbocycles. The fourth-order valence-electron chi connectivity index (χ4n) is 6.82. The summed E-state index contributed by atoms with van der Waals surface area (Å²) < 4.78 is 46.4. The van der Waals surface area contributed by atoms with Crippen molar-refractivity contribution in [1.29, 1.82) is 0 Å². The standard InChI is InChI=1S/C27H30NOP.C8H12.BF4.Rh/c1-25(2)21-17-18-26(25,3)27(20-21,24-16-10-11-19-28-24)29-30(22-12-6-4-7-13-22)23-14-8-5-9-15-23;1-2-4-6-8-7-5-3-1;2-1(3,4)5;/h4-16,19,21H,17-18,20H2,1-3H3;1-2,7-8H,3-6H2;;/q;;-1;/b;2-1-,8-7-;;/t21-,26-,27+;;;/m1.../s1. The Hall–Kier alpha value is -2.13. The van der Waals surface area contributed by atoms with Crippen LogP contribution in [0.25, 0.3) is 0 Å². The zero-order valence-electron chi connectivity index (χ0n) is 25.6. The number of rotatable bonds is 5. The van der Waals surface area contributed by atoms with Crippen molar-refractivity contribution in [3.63, 3.8) is 0 Å². The Balaban J connectivity index is 0.000000317. The van der Waals surface area contributed by atoms with E-state index in [4.69, 9.17) is 9.51 Å². The second kappa shape index (κ2) is 15.9. The number of benzene rings is 2. The second-order valence-corrected chi connectivity index (χ2v) is 14.0. The van der Waals surface area contributed by atoms with E-state index in [1.165, 1.54) is 49.1 Å². The zero-order chi connectivity index (χ0) is 31.0. The van der Waals surface area contributed by atoms with Crippen molar-refractivity contribution in [3.8, 4) is 0 Å². The molecule has 1 heterocycles. The van der Waals surface area contributed by atoms with Crippen molar-refractivity contribution < 1.29 is 41.3 Å². The maximum absolute atomic E-state index is 9.75. The van der Waals surface area contributed by atoms with Crippen LogP contribution in [0, 0.1) is 16.7 Å². The Morgan fingerprint density at radius 1 is 0.727 bits per heavy atom. The van der Waals surface area contributed by atoms with Gasteiger partial charge in [0.1, 0.15) is 5.60 Å². The molecule has 0 amide bonds. The van der Waals surface area contributed by atoms with Crippen molar-refractivity contribution >= 4 is 26.0 Å². The van der Waals surface area contributed by atoms with Gasteiger partial charge >= 0.3 is 7.25 Å². The van der Waals surface area contributed by atoms with Crippen LogP contribution in [-0.2, 0) is 29.6 Å². The van der Waals surface area contributed by atoms with Crippen molar-refractivity contribution in [2.75, 3.05) is 0 Å². The Kier molecular flexibility index (Phi) is 13.2. The largest absolute Gasteiger partial charge is 0.673 e. The normalized spacial score (nSPS) is 26.5. The number of nitrogens with zero attached hydrogens (tertiary/aromatic N) is 1. The molecule has 3 aliphatic carbocycles. The third-order valence-electron chi connectivity index (χ3n) is 9.50. The summed E-state index contributed by atoms with van der Waals surface area (Å²) in [6.45, 7) is 7.36. The molecule has 0 saturated heterocycles. The van der Waals surface area contributed by atoms with E-state index in [2.05, 4.69) is 118 Å². The molecule has 3 aromatic rings. The van der Waals surface area contributed by atoms with E-state index in [1.807, 2.05) is 12.3 Å². The van der Waals surface area contributed by atoms with Gasteiger partial charge in [0.25, 0.3) is 0 Å². The topological polar surface area (TPSA) is 22.1 Å². The molecule has 1 radical (unpaired) electrons. The van der Waals surface area contributed by atoms with Gasteiger partial charge in [-0.05, 0) is 68.4 Å². The average molecular weight is 713 g/mol. The Morgan fingerprint density at radius 2 is 1.18 bits per heavy atom. The molecule has 2 bridgehead atoms. The summed E-state index contributed by atoms with van der Waals surface area (Å²) in [6, 6.07) is 27.8. The van der Waals surface area contributed by atoms with Crippen LogP contribution < -0.4 is 10.6 Å².